The Labute approximate surface area is 228 Å². The second kappa shape index (κ2) is 11.5. The van der Waals surface area contributed by atoms with Crippen LogP contribution in [0, 0.1) is 0 Å². The Balaban J connectivity index is 1.24. The number of rotatable bonds is 9. The summed E-state index contributed by atoms with van der Waals surface area (Å²) in [4.78, 5) is 11.8. The number of ether oxygens (including phenoxy) is 2. The van der Waals surface area contributed by atoms with Crippen molar-refractivity contribution in [3.05, 3.63) is 83.7 Å². The van der Waals surface area contributed by atoms with Gasteiger partial charge in [0.15, 0.2) is 5.88 Å². The van der Waals surface area contributed by atoms with E-state index in [0.717, 1.165) is 65.4 Å². The first-order valence-corrected chi connectivity index (χ1v) is 13.8. The number of hydrogen-bond donors (Lipinski definition) is 2. The minimum atomic E-state index is -0.268. The van der Waals surface area contributed by atoms with Gasteiger partial charge in [-0.25, -0.2) is 9.97 Å². The summed E-state index contributed by atoms with van der Waals surface area (Å²) in [7, 11) is 0. The van der Waals surface area contributed by atoms with E-state index in [9.17, 15) is 0 Å². The Hall–Kier alpha value is -3.46. The molecule has 3 heterocycles. The Kier molecular flexibility index (Phi) is 7.93. The van der Waals surface area contributed by atoms with Crippen molar-refractivity contribution in [2.75, 3.05) is 31.6 Å². The van der Waals surface area contributed by atoms with E-state index in [1.807, 2.05) is 27.0 Å². The zero-order valence-corrected chi connectivity index (χ0v) is 23.1. The highest BCUT2D eigenvalue weighted by atomic mass is 32.1. The molecule has 2 aromatic carbocycles. The van der Waals surface area contributed by atoms with Crippen LogP contribution in [0.2, 0.25) is 0 Å². The van der Waals surface area contributed by atoms with Crippen LogP contribution in [0.3, 0.4) is 0 Å². The molecular weight excluding hydrogens is 494 g/mol. The summed E-state index contributed by atoms with van der Waals surface area (Å²) < 4.78 is 12.3. The lowest BCUT2D eigenvalue weighted by molar-refractivity contribution is 0.0342. The molecule has 7 nitrogen and oxygen atoms in total. The maximum atomic E-state index is 5.75. The topological polar surface area (TPSA) is 71.5 Å². The number of nitrogens with zero attached hydrogens (tertiary/aromatic N) is 3. The Morgan fingerprint density at radius 1 is 1.05 bits per heavy atom. The number of anilines is 2. The summed E-state index contributed by atoms with van der Waals surface area (Å²) >= 11 is 1.66. The maximum absolute atomic E-state index is 5.75. The van der Waals surface area contributed by atoms with Crippen molar-refractivity contribution >= 4 is 33.2 Å². The molecule has 8 heteroatoms. The van der Waals surface area contributed by atoms with Crippen molar-refractivity contribution in [1.82, 2.24) is 20.2 Å². The van der Waals surface area contributed by atoms with E-state index < -0.39 is 0 Å². The standard InChI is InChI=1S/C30H35N5O2S/c1-21(37-30(2,3)4)31-17-22-5-9-24(10-6-22)26-20-38-27-18-32-29(34-28(26)27)33-25-11-7-23(8-12-25)19-35-13-15-36-16-14-35/h5-12,18,20,31H,1,13-17,19H2,2-4H3,(H,32,33,34). The number of hydrogen-bond acceptors (Lipinski definition) is 8. The number of aromatic nitrogens is 2. The van der Waals surface area contributed by atoms with Gasteiger partial charge in [0.25, 0.3) is 0 Å². The van der Waals surface area contributed by atoms with Gasteiger partial charge in [-0.2, -0.15) is 0 Å². The van der Waals surface area contributed by atoms with Crippen LogP contribution >= 0.6 is 11.3 Å². The van der Waals surface area contributed by atoms with Gasteiger partial charge in [0, 0.05) is 42.8 Å². The average Bonchev–Trinajstić information content (AvgIpc) is 3.32. The highest BCUT2D eigenvalue weighted by Crippen LogP contribution is 2.33. The molecule has 0 bridgehead atoms. The summed E-state index contributed by atoms with van der Waals surface area (Å²) in [5, 5.41) is 8.76. The molecule has 0 radical (unpaired) electrons. The van der Waals surface area contributed by atoms with Gasteiger partial charge < -0.3 is 20.1 Å². The van der Waals surface area contributed by atoms with Crippen molar-refractivity contribution in [2.45, 2.75) is 39.5 Å². The molecule has 38 heavy (non-hydrogen) atoms. The van der Waals surface area contributed by atoms with Crippen LogP contribution in [0.1, 0.15) is 31.9 Å². The molecule has 0 atom stereocenters. The van der Waals surface area contributed by atoms with E-state index in [2.05, 4.69) is 81.0 Å². The van der Waals surface area contributed by atoms with Crippen molar-refractivity contribution < 1.29 is 9.47 Å². The largest absolute Gasteiger partial charge is 0.474 e. The average molecular weight is 530 g/mol. The van der Waals surface area contributed by atoms with Crippen LogP contribution in [0.25, 0.3) is 21.3 Å². The fourth-order valence-electron chi connectivity index (χ4n) is 4.34. The van der Waals surface area contributed by atoms with Gasteiger partial charge in [0.05, 0.1) is 29.6 Å². The van der Waals surface area contributed by atoms with Crippen molar-refractivity contribution in [2.24, 2.45) is 0 Å². The van der Waals surface area contributed by atoms with Crippen molar-refractivity contribution in [3.8, 4) is 11.1 Å². The molecule has 0 unspecified atom stereocenters. The van der Waals surface area contributed by atoms with Crippen LogP contribution in [-0.4, -0.2) is 46.8 Å². The zero-order valence-electron chi connectivity index (χ0n) is 22.3. The number of morpholine rings is 1. The first-order chi connectivity index (χ1) is 18.3. The molecule has 1 fully saturated rings. The summed E-state index contributed by atoms with van der Waals surface area (Å²) in [6, 6.07) is 17.0. The third-order valence-electron chi connectivity index (χ3n) is 6.22. The van der Waals surface area contributed by atoms with E-state index in [4.69, 9.17) is 14.5 Å². The minimum absolute atomic E-state index is 0.268. The van der Waals surface area contributed by atoms with Crippen molar-refractivity contribution in [3.63, 3.8) is 0 Å². The van der Waals surface area contributed by atoms with Crippen LogP contribution in [0.15, 0.2) is 72.6 Å². The number of benzene rings is 2. The predicted molar refractivity (Wildman–Crippen MR) is 155 cm³/mol. The molecule has 5 rings (SSSR count). The maximum Gasteiger partial charge on any atom is 0.227 e. The second-order valence-electron chi connectivity index (χ2n) is 10.5. The normalized spacial score (nSPS) is 14.4. The monoisotopic (exact) mass is 529 g/mol. The lowest BCUT2D eigenvalue weighted by atomic mass is 10.1. The summed E-state index contributed by atoms with van der Waals surface area (Å²) in [6.45, 7) is 15.2. The summed E-state index contributed by atoms with van der Waals surface area (Å²) in [5.41, 5.74) is 6.34. The first kappa shape index (κ1) is 26.2. The fourth-order valence-corrected chi connectivity index (χ4v) is 5.22. The van der Waals surface area contributed by atoms with Gasteiger partial charge in [-0.1, -0.05) is 36.4 Å². The lowest BCUT2D eigenvalue weighted by Gasteiger charge is -2.26. The molecule has 0 amide bonds. The van der Waals surface area contributed by atoms with Gasteiger partial charge in [-0.05, 0) is 56.2 Å². The van der Waals surface area contributed by atoms with Crippen LogP contribution in [0.5, 0.6) is 0 Å². The Bertz CT molecular complexity index is 1370. The van der Waals surface area contributed by atoms with E-state index in [0.29, 0.717) is 18.4 Å². The molecule has 2 aromatic heterocycles. The van der Waals surface area contributed by atoms with Crippen LogP contribution in [0.4, 0.5) is 11.6 Å². The first-order valence-electron chi connectivity index (χ1n) is 12.9. The fraction of sp³-hybridized carbons (Fsp3) is 0.333. The van der Waals surface area contributed by atoms with E-state index in [1.54, 1.807) is 11.3 Å². The highest BCUT2D eigenvalue weighted by Gasteiger charge is 2.14. The quantitative estimate of drug-likeness (QED) is 0.246. The van der Waals surface area contributed by atoms with Gasteiger partial charge >= 0.3 is 0 Å². The molecule has 1 aliphatic heterocycles. The predicted octanol–water partition coefficient (Wildman–Crippen LogP) is 6.31. The molecule has 4 aromatic rings. The molecule has 0 aliphatic carbocycles. The zero-order chi connectivity index (χ0) is 26.5. The van der Waals surface area contributed by atoms with E-state index in [-0.39, 0.29) is 5.60 Å². The second-order valence-corrected chi connectivity index (χ2v) is 11.4. The molecule has 0 spiro atoms. The molecule has 0 saturated carbocycles. The summed E-state index contributed by atoms with van der Waals surface area (Å²) in [5.74, 6) is 1.17. The molecular formula is C30H35N5O2S. The number of thiophene rings is 1. The van der Waals surface area contributed by atoms with Gasteiger partial charge in [0.2, 0.25) is 5.95 Å². The van der Waals surface area contributed by atoms with E-state index in [1.165, 1.54) is 5.56 Å². The van der Waals surface area contributed by atoms with Crippen molar-refractivity contribution in [1.29, 1.82) is 0 Å². The molecule has 1 saturated heterocycles. The van der Waals surface area contributed by atoms with E-state index >= 15 is 0 Å². The Morgan fingerprint density at radius 2 is 1.76 bits per heavy atom. The Morgan fingerprint density at radius 3 is 2.47 bits per heavy atom. The summed E-state index contributed by atoms with van der Waals surface area (Å²) in [6.07, 6.45) is 1.89. The van der Waals surface area contributed by atoms with Gasteiger partial charge in [0.1, 0.15) is 5.60 Å². The molecule has 2 N–H and O–H groups in total. The van der Waals surface area contributed by atoms with Crippen LogP contribution < -0.4 is 10.6 Å². The molecule has 198 valence electrons. The molecule has 1 aliphatic rings. The highest BCUT2D eigenvalue weighted by molar-refractivity contribution is 7.17. The number of nitrogens with one attached hydrogen (secondary N) is 2. The van der Waals surface area contributed by atoms with Gasteiger partial charge in [-0.15, -0.1) is 11.3 Å². The minimum Gasteiger partial charge on any atom is -0.474 e. The smallest absolute Gasteiger partial charge is 0.227 e. The van der Waals surface area contributed by atoms with Crippen LogP contribution in [-0.2, 0) is 22.6 Å². The third kappa shape index (κ3) is 6.89. The van der Waals surface area contributed by atoms with Gasteiger partial charge in [-0.3, -0.25) is 4.90 Å². The number of fused-ring (bicyclic) bond motifs is 1. The lowest BCUT2D eigenvalue weighted by Crippen LogP contribution is -2.35. The third-order valence-corrected chi connectivity index (χ3v) is 7.12. The SMILES string of the molecule is C=C(NCc1ccc(-c2csc3cnc(Nc4ccc(CN5CCOCC5)cc4)nc23)cc1)OC(C)(C)C.